The highest BCUT2D eigenvalue weighted by Gasteiger charge is 2.34. The average Bonchev–Trinajstić information content (AvgIpc) is 3.37. The topological polar surface area (TPSA) is 69.5 Å². The first-order valence-corrected chi connectivity index (χ1v) is 11.7. The van der Waals surface area contributed by atoms with E-state index in [9.17, 15) is 13.6 Å². The van der Waals surface area contributed by atoms with Crippen LogP contribution in [0.15, 0.2) is 41.3 Å². The van der Waals surface area contributed by atoms with Gasteiger partial charge in [-0.25, -0.2) is 13.6 Å². The molecule has 0 amide bonds. The second kappa shape index (κ2) is 8.38. The molecule has 1 saturated carbocycles. The van der Waals surface area contributed by atoms with E-state index in [0.29, 0.717) is 24.3 Å². The Bertz CT molecular complexity index is 1280. The van der Waals surface area contributed by atoms with Crippen molar-refractivity contribution in [2.24, 2.45) is 0 Å². The van der Waals surface area contributed by atoms with Gasteiger partial charge in [0.2, 0.25) is 5.88 Å². The molecule has 1 atom stereocenters. The van der Waals surface area contributed by atoms with Gasteiger partial charge in [0.25, 0.3) is 0 Å². The lowest BCUT2D eigenvalue weighted by Crippen LogP contribution is -2.24. The molecule has 2 fully saturated rings. The maximum atomic E-state index is 14.7. The fraction of sp³-hybridized carbons (Fsp3) is 0.400. The third-order valence-corrected chi connectivity index (χ3v) is 6.97. The van der Waals surface area contributed by atoms with E-state index in [1.807, 2.05) is 0 Å². The number of halogens is 2. The van der Waals surface area contributed by atoms with Crippen LogP contribution in [-0.4, -0.2) is 27.1 Å². The summed E-state index contributed by atoms with van der Waals surface area (Å²) in [5.41, 5.74) is 0.780. The third-order valence-electron chi connectivity index (χ3n) is 6.97. The number of anilines is 1. The molecule has 34 heavy (non-hydrogen) atoms. The van der Waals surface area contributed by atoms with Gasteiger partial charge < -0.3 is 14.4 Å². The molecule has 1 aromatic carbocycles. The molecule has 0 unspecified atom stereocenters. The monoisotopic (exact) mass is 466 g/mol. The summed E-state index contributed by atoms with van der Waals surface area (Å²) >= 11 is 0. The summed E-state index contributed by atoms with van der Waals surface area (Å²) in [6.45, 7) is 1.40. The van der Waals surface area contributed by atoms with Crippen LogP contribution in [0.5, 0.6) is 17.4 Å². The number of benzene rings is 1. The summed E-state index contributed by atoms with van der Waals surface area (Å²) in [4.78, 5) is 22.9. The molecule has 3 aromatic rings. The van der Waals surface area contributed by atoms with Crippen molar-refractivity contribution in [3.8, 4) is 17.4 Å². The Kier molecular flexibility index (Phi) is 5.19. The summed E-state index contributed by atoms with van der Waals surface area (Å²) in [7, 11) is 0. The highest BCUT2D eigenvalue weighted by molar-refractivity contribution is 5.48. The van der Waals surface area contributed by atoms with Crippen molar-refractivity contribution in [1.82, 2.24) is 14.5 Å². The SMILES string of the molecule is O=c1nc(OCc2cc(F)c(Oc3ccnc(C4CCC4)c3)c(F)c2)cc2n1C[C@H]1CCCN21. The van der Waals surface area contributed by atoms with Gasteiger partial charge in [-0.05, 0) is 49.4 Å². The van der Waals surface area contributed by atoms with Gasteiger partial charge in [-0.1, -0.05) is 6.42 Å². The fourth-order valence-corrected chi connectivity index (χ4v) is 4.98. The second-order valence-electron chi connectivity index (χ2n) is 9.16. The molecule has 176 valence electrons. The molecule has 3 aliphatic rings. The molecule has 0 bridgehead atoms. The molecule has 1 saturated heterocycles. The van der Waals surface area contributed by atoms with E-state index in [1.54, 1.807) is 29.0 Å². The number of nitrogens with zero attached hydrogens (tertiary/aromatic N) is 4. The van der Waals surface area contributed by atoms with Gasteiger partial charge >= 0.3 is 5.69 Å². The second-order valence-corrected chi connectivity index (χ2v) is 9.16. The lowest BCUT2D eigenvalue weighted by atomic mass is 9.83. The van der Waals surface area contributed by atoms with E-state index >= 15 is 0 Å². The third kappa shape index (κ3) is 3.78. The number of hydrogen-bond acceptors (Lipinski definition) is 6. The van der Waals surface area contributed by atoms with Crippen LogP contribution < -0.4 is 20.1 Å². The Labute approximate surface area is 195 Å². The molecule has 4 heterocycles. The lowest BCUT2D eigenvalue weighted by Gasteiger charge is -2.24. The smallest absolute Gasteiger partial charge is 0.352 e. The minimum absolute atomic E-state index is 0.130. The number of pyridine rings is 1. The summed E-state index contributed by atoms with van der Waals surface area (Å²) in [6.07, 6.45) is 7.03. The zero-order chi connectivity index (χ0) is 23.2. The summed E-state index contributed by atoms with van der Waals surface area (Å²) < 4.78 is 42.3. The molecular formula is C25H24F2N4O3. The molecule has 0 N–H and O–H groups in total. The Hall–Kier alpha value is -3.49. The normalized spacial score (nSPS) is 19.0. The Morgan fingerprint density at radius 1 is 1.06 bits per heavy atom. The molecule has 0 radical (unpaired) electrons. The minimum atomic E-state index is -0.831. The van der Waals surface area contributed by atoms with Crippen molar-refractivity contribution in [3.05, 3.63) is 69.9 Å². The summed E-state index contributed by atoms with van der Waals surface area (Å²) in [5, 5.41) is 0. The van der Waals surface area contributed by atoms with Gasteiger partial charge in [-0.15, -0.1) is 0 Å². The highest BCUT2D eigenvalue weighted by Crippen LogP contribution is 2.37. The Morgan fingerprint density at radius 3 is 2.65 bits per heavy atom. The van der Waals surface area contributed by atoms with E-state index in [2.05, 4.69) is 14.9 Å². The molecule has 1 aliphatic carbocycles. The van der Waals surface area contributed by atoms with E-state index < -0.39 is 17.4 Å². The molecule has 0 spiro atoms. The molecule has 2 aliphatic heterocycles. The van der Waals surface area contributed by atoms with Crippen LogP contribution in [0.4, 0.5) is 14.6 Å². The van der Waals surface area contributed by atoms with Gasteiger partial charge in [-0.3, -0.25) is 9.55 Å². The van der Waals surface area contributed by atoms with Crippen LogP contribution in [0.25, 0.3) is 0 Å². The summed E-state index contributed by atoms with van der Waals surface area (Å²) in [5.74, 6) is -0.465. The number of rotatable bonds is 6. The molecular weight excluding hydrogens is 442 g/mol. The van der Waals surface area contributed by atoms with E-state index in [4.69, 9.17) is 9.47 Å². The maximum absolute atomic E-state index is 14.7. The summed E-state index contributed by atoms with van der Waals surface area (Å²) in [6, 6.07) is 7.71. The van der Waals surface area contributed by atoms with Crippen LogP contribution in [-0.2, 0) is 13.2 Å². The zero-order valence-corrected chi connectivity index (χ0v) is 18.5. The largest absolute Gasteiger partial charge is 0.473 e. The molecule has 2 aromatic heterocycles. The Balaban J connectivity index is 1.17. The van der Waals surface area contributed by atoms with Crippen molar-refractivity contribution >= 4 is 5.82 Å². The van der Waals surface area contributed by atoms with Gasteiger partial charge in [0.1, 0.15) is 18.2 Å². The maximum Gasteiger partial charge on any atom is 0.352 e. The van der Waals surface area contributed by atoms with Crippen molar-refractivity contribution in [1.29, 1.82) is 0 Å². The van der Waals surface area contributed by atoms with E-state index in [-0.39, 0.29) is 23.7 Å². The quantitative estimate of drug-likeness (QED) is 0.532. The van der Waals surface area contributed by atoms with Gasteiger partial charge in [-0.2, -0.15) is 4.98 Å². The number of aromatic nitrogens is 3. The van der Waals surface area contributed by atoms with Crippen LogP contribution in [0.1, 0.15) is 49.3 Å². The first kappa shape index (κ1) is 21.1. The number of fused-ring (bicyclic) bond motifs is 3. The zero-order valence-electron chi connectivity index (χ0n) is 18.5. The van der Waals surface area contributed by atoms with Crippen molar-refractivity contribution in [2.45, 2.75) is 57.2 Å². The van der Waals surface area contributed by atoms with Crippen LogP contribution >= 0.6 is 0 Å². The predicted octanol–water partition coefficient (Wildman–Crippen LogP) is 4.54. The first-order chi connectivity index (χ1) is 16.5. The molecule has 9 heteroatoms. The van der Waals surface area contributed by atoms with Gasteiger partial charge in [0.05, 0.1) is 0 Å². The van der Waals surface area contributed by atoms with Crippen LogP contribution in [0.2, 0.25) is 0 Å². The first-order valence-electron chi connectivity index (χ1n) is 11.7. The molecule has 6 rings (SSSR count). The Morgan fingerprint density at radius 2 is 1.88 bits per heavy atom. The van der Waals surface area contributed by atoms with Crippen LogP contribution in [0, 0.1) is 11.6 Å². The fourth-order valence-electron chi connectivity index (χ4n) is 4.98. The molecule has 7 nitrogen and oxygen atoms in total. The van der Waals surface area contributed by atoms with Gasteiger partial charge in [0, 0.05) is 49.1 Å². The number of hydrogen-bond donors (Lipinski definition) is 0. The lowest BCUT2D eigenvalue weighted by molar-refractivity contribution is 0.289. The van der Waals surface area contributed by atoms with Crippen molar-refractivity contribution in [2.75, 3.05) is 11.4 Å². The van der Waals surface area contributed by atoms with Crippen molar-refractivity contribution < 1.29 is 18.3 Å². The van der Waals surface area contributed by atoms with E-state index in [1.165, 1.54) is 18.6 Å². The van der Waals surface area contributed by atoms with E-state index in [0.717, 1.165) is 43.7 Å². The predicted molar refractivity (Wildman–Crippen MR) is 120 cm³/mol. The van der Waals surface area contributed by atoms with Gasteiger partial charge in [0.15, 0.2) is 17.4 Å². The number of ether oxygens (including phenoxy) is 2. The highest BCUT2D eigenvalue weighted by atomic mass is 19.1. The average molecular weight is 466 g/mol. The van der Waals surface area contributed by atoms with Crippen LogP contribution in [0.3, 0.4) is 0 Å². The minimum Gasteiger partial charge on any atom is -0.473 e. The van der Waals surface area contributed by atoms with Crippen molar-refractivity contribution in [3.63, 3.8) is 0 Å². The standard InChI is InChI=1S/C25H24F2N4O3/c26-19-9-15(10-20(27)24(19)34-18-6-7-28-21(11-18)16-3-1-4-16)14-33-22-12-23-30-8-2-5-17(30)13-31(23)25(32)29-22/h6-7,9-12,16-17H,1-5,8,13-14H2/t17-/m1/s1.